The SMILES string of the molecule is N#CS(=O)(=O)N([N+](=O)[O-])S(=O)(=O)O. The molecule has 74 valence electrons. The second kappa shape index (κ2) is 3.12. The predicted octanol–water partition coefficient (Wildman–Crippen LogP) is -1.91. The minimum atomic E-state index is -5.61. The zero-order chi connectivity index (χ0) is 10.9. The summed E-state index contributed by atoms with van der Waals surface area (Å²) in [6.07, 6.45) is 0. The van der Waals surface area contributed by atoms with Crippen molar-refractivity contribution in [3.63, 3.8) is 0 Å². The first kappa shape index (κ1) is 11.6. The van der Waals surface area contributed by atoms with E-state index in [1.807, 2.05) is 0 Å². The zero-order valence-corrected chi connectivity index (χ0v) is 7.19. The number of rotatable bonds is 3. The molecule has 0 aliphatic heterocycles. The molecule has 0 aliphatic rings. The molecule has 0 heterocycles. The lowest BCUT2D eigenvalue weighted by molar-refractivity contribution is -0.588. The maximum absolute atomic E-state index is 10.4. The molecule has 0 unspecified atom stereocenters. The van der Waals surface area contributed by atoms with Gasteiger partial charge in [0, 0.05) is 0 Å². The van der Waals surface area contributed by atoms with E-state index in [1.165, 1.54) is 0 Å². The lowest BCUT2D eigenvalue weighted by atomic mass is 11.8. The molecule has 0 bridgehead atoms. The highest BCUT2D eigenvalue weighted by Crippen LogP contribution is 2.05. The van der Waals surface area contributed by atoms with E-state index in [0.29, 0.717) is 5.40 Å². The Bertz CT molecular complexity index is 450. The fraction of sp³-hybridized carbons (Fsp3) is 0. The van der Waals surface area contributed by atoms with Crippen LogP contribution in [0.15, 0.2) is 0 Å². The number of sulfonamides is 1. The second-order valence-corrected chi connectivity index (χ2v) is 4.44. The normalized spacial score (nSPS) is 11.7. The highest BCUT2D eigenvalue weighted by molar-refractivity contribution is 8.03. The summed E-state index contributed by atoms with van der Waals surface area (Å²) < 4.78 is 47.4. The van der Waals surface area contributed by atoms with E-state index in [1.54, 1.807) is 0 Å². The molecule has 0 amide bonds. The lowest BCUT2D eigenvalue weighted by Gasteiger charge is -2.03. The van der Waals surface area contributed by atoms with Gasteiger partial charge in [0.25, 0.3) is 0 Å². The topological polar surface area (TPSA) is 159 Å². The first-order valence-corrected chi connectivity index (χ1v) is 5.04. The molecule has 0 aliphatic carbocycles. The fourth-order valence-electron chi connectivity index (χ4n) is 0.331. The summed E-state index contributed by atoms with van der Waals surface area (Å²) in [7, 11) is -10.9. The molecule has 13 heavy (non-hydrogen) atoms. The Labute approximate surface area is 72.0 Å². The monoisotopic (exact) mass is 231 g/mol. The van der Waals surface area contributed by atoms with Crippen LogP contribution < -0.4 is 0 Å². The molecule has 0 atom stereocenters. The molecule has 10 nitrogen and oxygen atoms in total. The lowest BCUT2D eigenvalue weighted by Crippen LogP contribution is -2.39. The predicted molar refractivity (Wildman–Crippen MR) is 34.9 cm³/mol. The first-order valence-electron chi connectivity index (χ1n) is 2.21. The van der Waals surface area contributed by atoms with Crippen molar-refractivity contribution in [1.29, 1.82) is 5.26 Å². The van der Waals surface area contributed by atoms with Crippen molar-refractivity contribution in [2.45, 2.75) is 0 Å². The molecular formula is CHN3O7S2. The van der Waals surface area contributed by atoms with E-state index in [-0.39, 0.29) is 0 Å². The molecular weight excluding hydrogens is 230 g/mol. The average Bonchev–Trinajstić information content (AvgIpc) is 1.82. The Morgan fingerprint density at radius 1 is 1.38 bits per heavy atom. The van der Waals surface area contributed by atoms with Crippen LogP contribution >= 0.6 is 0 Å². The van der Waals surface area contributed by atoms with Gasteiger partial charge in [0.1, 0.15) is 3.82 Å². The summed E-state index contributed by atoms with van der Waals surface area (Å²) >= 11 is 0. The van der Waals surface area contributed by atoms with Crippen LogP contribution in [0.4, 0.5) is 0 Å². The van der Waals surface area contributed by atoms with Crippen LogP contribution in [0.2, 0.25) is 0 Å². The van der Waals surface area contributed by atoms with E-state index in [9.17, 15) is 26.9 Å². The van der Waals surface area contributed by atoms with Crippen LogP contribution in [0.5, 0.6) is 0 Å². The summed E-state index contributed by atoms with van der Waals surface area (Å²) in [4.78, 5) is 9.81. The van der Waals surface area contributed by atoms with Gasteiger partial charge in [-0.1, -0.05) is 0 Å². The Hall–Kier alpha value is -1.45. The number of hydrogen-bond acceptors (Lipinski definition) is 7. The first-order chi connectivity index (χ1) is 5.63. The molecule has 0 aromatic carbocycles. The summed E-state index contributed by atoms with van der Waals surface area (Å²) in [5, 5.41) is 16.0. The molecule has 0 radical (unpaired) electrons. The molecule has 0 aromatic rings. The van der Waals surface area contributed by atoms with Gasteiger partial charge in [-0.2, -0.15) is 22.1 Å². The van der Waals surface area contributed by atoms with E-state index >= 15 is 0 Å². The summed E-state index contributed by atoms with van der Waals surface area (Å²) in [5.74, 6) is 0. The van der Waals surface area contributed by atoms with Crippen LogP contribution in [0, 0.1) is 20.8 Å². The Morgan fingerprint density at radius 2 is 1.77 bits per heavy atom. The molecule has 0 saturated heterocycles. The van der Waals surface area contributed by atoms with Gasteiger partial charge in [-0.05, 0) is 0 Å². The third kappa shape index (κ3) is 2.50. The Balaban J connectivity index is 5.65. The number of hydrogen-bond donors (Lipinski definition) is 1. The van der Waals surface area contributed by atoms with Crippen LogP contribution in [0.3, 0.4) is 0 Å². The van der Waals surface area contributed by atoms with Crippen molar-refractivity contribution in [2.24, 2.45) is 0 Å². The minimum absolute atomic E-state index is 0.347. The van der Waals surface area contributed by atoms with Gasteiger partial charge in [-0.15, -0.1) is 0 Å². The van der Waals surface area contributed by atoms with Crippen molar-refractivity contribution < 1.29 is 26.4 Å². The smallest absolute Gasteiger partial charge is 0.265 e. The highest BCUT2D eigenvalue weighted by atomic mass is 32.3. The largest absolute Gasteiger partial charge is 0.426 e. The van der Waals surface area contributed by atoms with Gasteiger partial charge in [0.05, 0.1) is 0 Å². The summed E-state index contributed by atoms with van der Waals surface area (Å²) in [5.41, 5.74) is 0. The average molecular weight is 231 g/mol. The molecule has 0 aromatic heterocycles. The molecule has 12 heteroatoms. The number of nitro groups is 1. The quantitative estimate of drug-likeness (QED) is 0.193. The van der Waals surface area contributed by atoms with Crippen molar-refractivity contribution in [3.05, 3.63) is 10.1 Å². The van der Waals surface area contributed by atoms with E-state index in [4.69, 9.17) is 9.81 Å². The van der Waals surface area contributed by atoms with E-state index < -0.39 is 29.2 Å². The van der Waals surface area contributed by atoms with Crippen LogP contribution in [0.25, 0.3) is 0 Å². The minimum Gasteiger partial charge on any atom is -0.265 e. The van der Waals surface area contributed by atoms with Crippen LogP contribution in [-0.4, -0.2) is 30.2 Å². The third-order valence-electron chi connectivity index (χ3n) is 0.652. The number of nitrogens with zero attached hydrogens (tertiary/aromatic N) is 3. The van der Waals surface area contributed by atoms with Crippen molar-refractivity contribution in [2.75, 3.05) is 0 Å². The second-order valence-electron chi connectivity index (χ2n) is 1.49. The van der Waals surface area contributed by atoms with Gasteiger partial charge < -0.3 is 0 Å². The van der Waals surface area contributed by atoms with Crippen LogP contribution in [0.1, 0.15) is 0 Å². The highest BCUT2D eigenvalue weighted by Gasteiger charge is 2.42. The fourth-order valence-corrected chi connectivity index (χ4v) is 1.84. The zero-order valence-electron chi connectivity index (χ0n) is 5.55. The van der Waals surface area contributed by atoms with Crippen LogP contribution in [-0.2, 0) is 20.3 Å². The maximum atomic E-state index is 10.4. The number of nitriles is 1. The Kier molecular flexibility index (Phi) is 2.78. The molecule has 0 rings (SSSR count). The summed E-state index contributed by atoms with van der Waals surface area (Å²) in [6, 6.07) is 0. The summed E-state index contributed by atoms with van der Waals surface area (Å²) in [6.45, 7) is 0. The third-order valence-corrected chi connectivity index (χ3v) is 3.11. The molecule has 1 N–H and O–H groups in total. The van der Waals surface area contributed by atoms with Gasteiger partial charge in [-0.3, -0.25) is 4.55 Å². The van der Waals surface area contributed by atoms with Gasteiger partial charge in [-0.25, -0.2) is 10.1 Å². The maximum Gasteiger partial charge on any atom is 0.426 e. The Morgan fingerprint density at radius 3 is 1.85 bits per heavy atom. The van der Waals surface area contributed by atoms with Gasteiger partial charge in [0.15, 0.2) is 5.03 Å². The number of hydrazine groups is 1. The molecule has 0 fully saturated rings. The van der Waals surface area contributed by atoms with Crippen molar-refractivity contribution in [3.8, 4) is 5.40 Å². The molecule has 0 spiro atoms. The van der Waals surface area contributed by atoms with Crippen molar-refractivity contribution in [1.82, 2.24) is 3.82 Å². The standard InChI is InChI=1S/CHN3O7S2/c2-1-12(7,8)4(3(5)6)13(9,10)11/h(H,9,10,11). The number of thiocyanates is 1. The van der Waals surface area contributed by atoms with E-state index in [0.717, 1.165) is 0 Å². The van der Waals surface area contributed by atoms with Crippen molar-refractivity contribution >= 4 is 20.3 Å². The molecule has 0 saturated carbocycles. The van der Waals surface area contributed by atoms with Gasteiger partial charge >= 0.3 is 20.3 Å². The van der Waals surface area contributed by atoms with E-state index in [2.05, 4.69) is 0 Å². The van der Waals surface area contributed by atoms with Gasteiger partial charge in [0.2, 0.25) is 5.40 Å².